The Morgan fingerprint density at radius 1 is 1.00 bits per heavy atom. The summed E-state index contributed by atoms with van der Waals surface area (Å²) in [6, 6.07) is 11.5. The molecule has 162 valence electrons. The predicted molar refractivity (Wildman–Crippen MR) is 120 cm³/mol. The van der Waals surface area contributed by atoms with Gasteiger partial charge >= 0.3 is 5.69 Å². The molecule has 0 amide bonds. The molecule has 0 unspecified atom stereocenters. The number of nitro groups is 1. The van der Waals surface area contributed by atoms with Crippen LogP contribution in [0.5, 0.6) is 11.5 Å². The maximum Gasteiger partial charge on any atom is 0.353 e. The molecule has 3 rings (SSSR count). The second-order valence-electron chi connectivity index (χ2n) is 6.99. The summed E-state index contributed by atoms with van der Waals surface area (Å²) in [6.45, 7) is 4.33. The highest BCUT2D eigenvalue weighted by Crippen LogP contribution is 2.32. The predicted octanol–water partition coefficient (Wildman–Crippen LogP) is 4.42. The molecule has 0 fully saturated rings. The number of aryl methyl sites for hydroxylation is 2. The largest absolute Gasteiger partial charge is 0.493 e. The highest BCUT2D eigenvalue weighted by Gasteiger charge is 2.23. The van der Waals surface area contributed by atoms with Crippen molar-refractivity contribution in [2.75, 3.05) is 31.4 Å². The van der Waals surface area contributed by atoms with Crippen LogP contribution in [-0.2, 0) is 6.42 Å². The third kappa shape index (κ3) is 5.19. The molecule has 0 aliphatic rings. The van der Waals surface area contributed by atoms with Gasteiger partial charge in [-0.3, -0.25) is 10.1 Å². The number of methoxy groups -OCH3 is 2. The zero-order valence-electron chi connectivity index (χ0n) is 17.9. The number of hydrogen-bond donors (Lipinski definition) is 2. The summed E-state index contributed by atoms with van der Waals surface area (Å²) in [5.74, 6) is 1.58. The van der Waals surface area contributed by atoms with Crippen molar-refractivity contribution in [3.8, 4) is 11.5 Å². The number of anilines is 3. The third-order valence-corrected chi connectivity index (χ3v) is 4.81. The number of aromatic nitrogens is 2. The molecule has 0 saturated heterocycles. The highest BCUT2D eigenvalue weighted by atomic mass is 16.6. The van der Waals surface area contributed by atoms with E-state index in [4.69, 9.17) is 9.47 Å². The van der Waals surface area contributed by atoms with E-state index in [0.717, 1.165) is 22.4 Å². The Kier molecular flexibility index (Phi) is 6.86. The van der Waals surface area contributed by atoms with Crippen molar-refractivity contribution in [3.05, 3.63) is 69.5 Å². The van der Waals surface area contributed by atoms with Crippen LogP contribution in [0.2, 0.25) is 0 Å². The van der Waals surface area contributed by atoms with Gasteiger partial charge in [-0.25, -0.2) is 9.97 Å². The summed E-state index contributed by atoms with van der Waals surface area (Å²) in [4.78, 5) is 19.5. The second-order valence-corrected chi connectivity index (χ2v) is 6.99. The Hall–Kier alpha value is -3.88. The maximum atomic E-state index is 11.8. The van der Waals surface area contributed by atoms with Crippen molar-refractivity contribution in [1.29, 1.82) is 0 Å². The molecule has 31 heavy (non-hydrogen) atoms. The van der Waals surface area contributed by atoms with Crippen LogP contribution >= 0.6 is 0 Å². The zero-order valence-corrected chi connectivity index (χ0v) is 17.9. The van der Waals surface area contributed by atoms with Gasteiger partial charge in [0.25, 0.3) is 0 Å². The van der Waals surface area contributed by atoms with Gasteiger partial charge in [0.05, 0.1) is 19.1 Å². The smallest absolute Gasteiger partial charge is 0.353 e. The fourth-order valence-electron chi connectivity index (χ4n) is 3.13. The Balaban J connectivity index is 1.78. The van der Waals surface area contributed by atoms with Crippen LogP contribution in [-0.4, -0.2) is 35.7 Å². The quantitative estimate of drug-likeness (QED) is 0.384. The number of ether oxygens (including phenoxy) is 2. The average Bonchev–Trinajstić information content (AvgIpc) is 2.76. The first-order valence-electron chi connectivity index (χ1n) is 9.71. The molecular weight excluding hydrogens is 398 g/mol. The normalized spacial score (nSPS) is 10.5. The molecule has 9 heteroatoms. The van der Waals surface area contributed by atoms with Gasteiger partial charge < -0.3 is 20.1 Å². The van der Waals surface area contributed by atoms with E-state index in [1.807, 2.05) is 50.2 Å². The molecule has 1 aromatic heterocycles. The molecule has 0 aliphatic carbocycles. The number of hydrogen-bond acceptors (Lipinski definition) is 8. The lowest BCUT2D eigenvalue weighted by Crippen LogP contribution is -2.11. The lowest BCUT2D eigenvalue weighted by Gasteiger charge is -2.13. The summed E-state index contributed by atoms with van der Waals surface area (Å²) < 4.78 is 10.6. The van der Waals surface area contributed by atoms with Crippen molar-refractivity contribution in [1.82, 2.24) is 9.97 Å². The number of rotatable bonds is 9. The van der Waals surface area contributed by atoms with Gasteiger partial charge in [-0.2, -0.15) is 0 Å². The molecule has 0 aliphatic heterocycles. The molecule has 0 bridgehead atoms. The summed E-state index contributed by atoms with van der Waals surface area (Å²) in [6.07, 6.45) is 1.92. The molecule has 1 heterocycles. The van der Waals surface area contributed by atoms with E-state index in [2.05, 4.69) is 20.6 Å². The van der Waals surface area contributed by atoms with E-state index in [0.29, 0.717) is 24.5 Å². The van der Waals surface area contributed by atoms with Gasteiger partial charge in [-0.15, -0.1) is 0 Å². The molecule has 0 atom stereocenters. The Labute approximate surface area is 180 Å². The van der Waals surface area contributed by atoms with E-state index in [-0.39, 0.29) is 17.3 Å². The monoisotopic (exact) mass is 423 g/mol. The van der Waals surface area contributed by atoms with E-state index in [1.54, 1.807) is 14.2 Å². The molecule has 9 nitrogen and oxygen atoms in total. The minimum absolute atomic E-state index is 0.141. The van der Waals surface area contributed by atoms with Gasteiger partial charge in [-0.1, -0.05) is 18.2 Å². The minimum atomic E-state index is -0.480. The van der Waals surface area contributed by atoms with Crippen LogP contribution in [0.4, 0.5) is 23.0 Å². The lowest BCUT2D eigenvalue weighted by atomic mass is 10.1. The molecule has 2 aromatic carbocycles. The van der Waals surface area contributed by atoms with Gasteiger partial charge in [0.1, 0.15) is 6.33 Å². The first-order valence-corrected chi connectivity index (χ1v) is 9.71. The van der Waals surface area contributed by atoms with E-state index >= 15 is 0 Å². The number of benzene rings is 2. The zero-order chi connectivity index (χ0) is 22.4. The summed E-state index contributed by atoms with van der Waals surface area (Å²) in [7, 11) is 3.16. The van der Waals surface area contributed by atoms with Gasteiger partial charge in [0.2, 0.25) is 11.6 Å². The fraction of sp³-hybridized carbons (Fsp3) is 0.273. The molecule has 0 spiro atoms. The Morgan fingerprint density at radius 2 is 1.74 bits per heavy atom. The summed E-state index contributed by atoms with van der Waals surface area (Å²) >= 11 is 0. The lowest BCUT2D eigenvalue weighted by molar-refractivity contribution is -0.383. The van der Waals surface area contributed by atoms with Crippen LogP contribution in [0.25, 0.3) is 0 Å². The standard InChI is InChI=1S/C22H25N5O4/c1-14-5-6-15(2)17(11-14)26-22-20(27(28)29)21(24-13-25-22)23-10-9-16-7-8-18(30-3)19(12-16)31-4/h5-8,11-13H,9-10H2,1-4H3,(H2,23,24,25,26). The van der Waals surface area contributed by atoms with E-state index in [1.165, 1.54) is 6.33 Å². The summed E-state index contributed by atoms with van der Waals surface area (Å²) in [5, 5.41) is 17.9. The van der Waals surface area contributed by atoms with Crippen LogP contribution in [0.1, 0.15) is 16.7 Å². The van der Waals surface area contributed by atoms with Crippen LogP contribution in [0, 0.1) is 24.0 Å². The average molecular weight is 423 g/mol. The van der Waals surface area contributed by atoms with E-state index in [9.17, 15) is 10.1 Å². The summed E-state index contributed by atoms with van der Waals surface area (Å²) in [5.41, 5.74) is 3.56. The van der Waals surface area contributed by atoms with Crippen molar-refractivity contribution < 1.29 is 14.4 Å². The third-order valence-electron chi connectivity index (χ3n) is 4.81. The first-order chi connectivity index (χ1) is 14.9. The minimum Gasteiger partial charge on any atom is -0.493 e. The topological polar surface area (TPSA) is 111 Å². The molecule has 0 radical (unpaired) electrons. The maximum absolute atomic E-state index is 11.8. The van der Waals surface area contributed by atoms with E-state index < -0.39 is 4.92 Å². The van der Waals surface area contributed by atoms with Crippen molar-refractivity contribution in [3.63, 3.8) is 0 Å². The van der Waals surface area contributed by atoms with Gasteiger partial charge in [0.15, 0.2) is 11.5 Å². The number of nitrogens with zero attached hydrogens (tertiary/aromatic N) is 3. The van der Waals surface area contributed by atoms with Crippen LogP contribution in [0.15, 0.2) is 42.7 Å². The Morgan fingerprint density at radius 3 is 2.45 bits per heavy atom. The number of nitrogens with one attached hydrogen (secondary N) is 2. The molecular formula is C22H25N5O4. The SMILES string of the molecule is COc1ccc(CCNc2ncnc(Nc3cc(C)ccc3C)c2[N+](=O)[O-])cc1OC. The van der Waals surface area contributed by atoms with Crippen LogP contribution in [0.3, 0.4) is 0 Å². The fourth-order valence-corrected chi connectivity index (χ4v) is 3.13. The molecule has 3 aromatic rings. The molecule has 0 saturated carbocycles. The van der Waals surface area contributed by atoms with Crippen LogP contribution < -0.4 is 20.1 Å². The second kappa shape index (κ2) is 9.75. The van der Waals surface area contributed by atoms with Crippen molar-refractivity contribution in [2.45, 2.75) is 20.3 Å². The first kappa shape index (κ1) is 21.8. The highest BCUT2D eigenvalue weighted by molar-refractivity contribution is 5.75. The Bertz CT molecular complexity index is 1090. The van der Waals surface area contributed by atoms with Gasteiger partial charge in [-0.05, 0) is 55.2 Å². The van der Waals surface area contributed by atoms with Gasteiger partial charge in [0, 0.05) is 12.2 Å². The van der Waals surface area contributed by atoms with Crippen molar-refractivity contribution >= 4 is 23.0 Å². The van der Waals surface area contributed by atoms with Crippen molar-refractivity contribution in [2.24, 2.45) is 0 Å². The molecule has 2 N–H and O–H groups in total.